The first kappa shape index (κ1) is 14.6. The smallest absolute Gasteiger partial charge is 0.0695 e. The molecule has 0 bridgehead atoms. The van der Waals surface area contributed by atoms with E-state index in [1.807, 2.05) is 24.4 Å². The summed E-state index contributed by atoms with van der Waals surface area (Å²) in [7, 11) is 0. The second kappa shape index (κ2) is 5.79. The van der Waals surface area contributed by atoms with Crippen molar-refractivity contribution >= 4 is 11.6 Å². The minimum Gasteiger partial charge on any atom is -0.330 e. The number of halogens is 1. The Morgan fingerprint density at radius 3 is 3.05 bits per heavy atom. The summed E-state index contributed by atoms with van der Waals surface area (Å²) in [6.07, 6.45) is 3.07. The summed E-state index contributed by atoms with van der Waals surface area (Å²) in [4.78, 5) is 2.45. The zero-order chi connectivity index (χ0) is 14.9. The number of H-pyrrole nitrogens is 1. The Morgan fingerprint density at radius 2 is 2.33 bits per heavy atom. The van der Waals surface area contributed by atoms with Crippen molar-refractivity contribution in [3.05, 3.63) is 41.0 Å². The lowest BCUT2D eigenvalue weighted by Crippen LogP contribution is -2.31. The van der Waals surface area contributed by atoms with Gasteiger partial charge in [-0.2, -0.15) is 5.10 Å². The lowest BCUT2D eigenvalue weighted by Gasteiger charge is -2.22. The molecular formula is C16H21ClN4. The number of hydrogen-bond donors (Lipinski definition) is 2. The average Bonchev–Trinajstić information content (AvgIpc) is 3.07. The van der Waals surface area contributed by atoms with Crippen molar-refractivity contribution in [2.24, 2.45) is 11.1 Å². The molecule has 2 heterocycles. The number of aromatic nitrogens is 2. The highest BCUT2D eigenvalue weighted by Gasteiger charge is 2.32. The molecule has 1 atom stereocenters. The molecule has 1 aromatic carbocycles. The molecule has 1 saturated heterocycles. The van der Waals surface area contributed by atoms with Crippen molar-refractivity contribution in [3.8, 4) is 11.3 Å². The van der Waals surface area contributed by atoms with Crippen molar-refractivity contribution in [2.75, 3.05) is 19.6 Å². The Bertz CT molecular complexity index is 624. The molecule has 0 aliphatic carbocycles. The lowest BCUT2D eigenvalue weighted by atomic mass is 9.90. The fraction of sp³-hybridized carbons (Fsp3) is 0.438. The van der Waals surface area contributed by atoms with Gasteiger partial charge in [-0.05, 0) is 37.1 Å². The zero-order valence-electron chi connectivity index (χ0n) is 12.3. The maximum absolute atomic E-state index is 6.08. The predicted octanol–water partition coefficient (Wildman–Crippen LogP) is 2.90. The lowest BCUT2D eigenvalue weighted by molar-refractivity contribution is 0.275. The van der Waals surface area contributed by atoms with E-state index in [1.165, 1.54) is 5.56 Å². The highest BCUT2D eigenvalue weighted by Crippen LogP contribution is 2.31. The van der Waals surface area contributed by atoms with Crippen LogP contribution in [0.25, 0.3) is 11.3 Å². The van der Waals surface area contributed by atoms with Gasteiger partial charge in [0, 0.05) is 29.2 Å². The Balaban J connectivity index is 1.78. The molecule has 1 unspecified atom stereocenters. The molecule has 1 aliphatic heterocycles. The SMILES string of the molecule is CC1(CN)CCN(Cc2cn[nH]c2-c2cccc(Cl)c2)C1. The van der Waals surface area contributed by atoms with Gasteiger partial charge in [0.25, 0.3) is 0 Å². The molecule has 0 amide bonds. The number of nitrogens with one attached hydrogen (secondary N) is 1. The van der Waals surface area contributed by atoms with Gasteiger partial charge in [0.1, 0.15) is 0 Å². The van der Waals surface area contributed by atoms with Crippen LogP contribution in [0.1, 0.15) is 18.9 Å². The first-order valence-electron chi connectivity index (χ1n) is 7.30. The number of likely N-dealkylation sites (tertiary alicyclic amines) is 1. The van der Waals surface area contributed by atoms with Crippen LogP contribution in [0, 0.1) is 5.41 Å². The molecule has 0 radical (unpaired) electrons. The van der Waals surface area contributed by atoms with Crippen LogP contribution in [0.4, 0.5) is 0 Å². The van der Waals surface area contributed by atoms with Crippen LogP contribution in [0.5, 0.6) is 0 Å². The minimum atomic E-state index is 0.250. The minimum absolute atomic E-state index is 0.250. The number of rotatable bonds is 4. The standard InChI is InChI=1S/C16H21ClN4/c1-16(10-18)5-6-21(11-16)9-13-8-19-20-15(13)12-3-2-4-14(17)7-12/h2-4,7-8H,5-6,9-11,18H2,1H3,(H,19,20). The third-order valence-corrected chi connectivity index (χ3v) is 4.59. The largest absolute Gasteiger partial charge is 0.330 e. The van der Waals surface area contributed by atoms with E-state index in [9.17, 15) is 0 Å². The van der Waals surface area contributed by atoms with E-state index in [0.717, 1.165) is 48.9 Å². The van der Waals surface area contributed by atoms with Gasteiger partial charge >= 0.3 is 0 Å². The van der Waals surface area contributed by atoms with Gasteiger partial charge in [0.2, 0.25) is 0 Å². The summed E-state index contributed by atoms with van der Waals surface area (Å²) in [5.74, 6) is 0. The third-order valence-electron chi connectivity index (χ3n) is 4.35. The van der Waals surface area contributed by atoms with E-state index in [0.29, 0.717) is 0 Å². The monoisotopic (exact) mass is 304 g/mol. The number of nitrogens with two attached hydrogens (primary N) is 1. The first-order chi connectivity index (χ1) is 10.1. The molecule has 21 heavy (non-hydrogen) atoms. The third kappa shape index (κ3) is 3.12. The van der Waals surface area contributed by atoms with Crippen molar-refractivity contribution in [2.45, 2.75) is 19.9 Å². The van der Waals surface area contributed by atoms with Crippen molar-refractivity contribution in [1.82, 2.24) is 15.1 Å². The molecule has 4 nitrogen and oxygen atoms in total. The van der Waals surface area contributed by atoms with E-state index in [4.69, 9.17) is 17.3 Å². The Labute approximate surface area is 130 Å². The summed E-state index contributed by atoms with van der Waals surface area (Å²) in [6.45, 7) is 6.04. The van der Waals surface area contributed by atoms with Gasteiger partial charge < -0.3 is 5.73 Å². The van der Waals surface area contributed by atoms with Crippen LogP contribution in [-0.4, -0.2) is 34.7 Å². The highest BCUT2D eigenvalue weighted by atomic mass is 35.5. The summed E-state index contributed by atoms with van der Waals surface area (Å²) >= 11 is 6.08. The van der Waals surface area contributed by atoms with Crippen molar-refractivity contribution in [3.63, 3.8) is 0 Å². The summed E-state index contributed by atoms with van der Waals surface area (Å²) < 4.78 is 0. The zero-order valence-corrected chi connectivity index (χ0v) is 13.0. The van der Waals surface area contributed by atoms with Crippen LogP contribution in [0.2, 0.25) is 5.02 Å². The molecule has 3 N–H and O–H groups in total. The van der Waals surface area contributed by atoms with Gasteiger partial charge in [-0.15, -0.1) is 0 Å². The second-order valence-corrected chi connectivity index (χ2v) is 6.69. The normalized spacial score (nSPS) is 22.8. The van der Waals surface area contributed by atoms with Crippen molar-refractivity contribution in [1.29, 1.82) is 0 Å². The van der Waals surface area contributed by atoms with Crippen LogP contribution in [0.3, 0.4) is 0 Å². The van der Waals surface area contributed by atoms with Crippen molar-refractivity contribution < 1.29 is 0 Å². The van der Waals surface area contributed by atoms with E-state index >= 15 is 0 Å². The molecule has 1 fully saturated rings. The van der Waals surface area contributed by atoms with Gasteiger partial charge in [-0.25, -0.2) is 0 Å². The molecule has 3 rings (SSSR count). The molecule has 1 aromatic heterocycles. The Kier molecular flexibility index (Phi) is 4.02. The van der Waals surface area contributed by atoms with Gasteiger partial charge in [0.15, 0.2) is 0 Å². The van der Waals surface area contributed by atoms with Gasteiger partial charge in [-0.3, -0.25) is 10.00 Å². The highest BCUT2D eigenvalue weighted by molar-refractivity contribution is 6.30. The topological polar surface area (TPSA) is 57.9 Å². The fourth-order valence-corrected chi connectivity index (χ4v) is 3.18. The van der Waals surface area contributed by atoms with E-state index < -0.39 is 0 Å². The summed E-state index contributed by atoms with van der Waals surface area (Å²) in [5, 5.41) is 8.05. The van der Waals surface area contributed by atoms with E-state index in [1.54, 1.807) is 0 Å². The number of benzene rings is 1. The average molecular weight is 305 g/mol. The van der Waals surface area contributed by atoms with Crippen LogP contribution >= 0.6 is 11.6 Å². The van der Waals surface area contributed by atoms with Gasteiger partial charge in [-0.1, -0.05) is 30.7 Å². The molecule has 0 saturated carbocycles. The van der Waals surface area contributed by atoms with Crippen LogP contribution in [-0.2, 0) is 6.54 Å². The Hall–Kier alpha value is -1.36. The molecule has 2 aromatic rings. The molecular weight excluding hydrogens is 284 g/mol. The van der Waals surface area contributed by atoms with Gasteiger partial charge in [0.05, 0.1) is 11.9 Å². The first-order valence-corrected chi connectivity index (χ1v) is 7.68. The maximum atomic E-state index is 6.08. The quantitative estimate of drug-likeness (QED) is 0.913. The maximum Gasteiger partial charge on any atom is 0.0695 e. The fourth-order valence-electron chi connectivity index (χ4n) is 2.99. The Morgan fingerprint density at radius 1 is 1.48 bits per heavy atom. The molecule has 0 spiro atoms. The summed E-state index contributed by atoms with van der Waals surface area (Å²) in [6, 6.07) is 7.86. The molecule has 5 heteroatoms. The molecule has 112 valence electrons. The van der Waals surface area contributed by atoms with Crippen LogP contribution < -0.4 is 5.73 Å². The number of hydrogen-bond acceptors (Lipinski definition) is 3. The summed E-state index contributed by atoms with van der Waals surface area (Å²) in [5.41, 5.74) is 9.47. The molecule has 1 aliphatic rings. The second-order valence-electron chi connectivity index (χ2n) is 6.26. The van der Waals surface area contributed by atoms with E-state index in [2.05, 4.69) is 28.1 Å². The number of aromatic amines is 1. The number of nitrogens with zero attached hydrogens (tertiary/aromatic N) is 2. The predicted molar refractivity (Wildman–Crippen MR) is 86.1 cm³/mol. The van der Waals surface area contributed by atoms with Crippen LogP contribution in [0.15, 0.2) is 30.5 Å². The van der Waals surface area contributed by atoms with E-state index in [-0.39, 0.29) is 5.41 Å².